The number of rotatable bonds is 8. The third-order valence-corrected chi connectivity index (χ3v) is 8.35. The summed E-state index contributed by atoms with van der Waals surface area (Å²) in [6, 6.07) is 11.1. The van der Waals surface area contributed by atoms with Crippen molar-refractivity contribution in [1.29, 1.82) is 0 Å². The molecule has 1 unspecified atom stereocenters. The van der Waals surface area contributed by atoms with Gasteiger partial charge in [0.2, 0.25) is 0 Å². The van der Waals surface area contributed by atoms with Crippen molar-refractivity contribution in [2.24, 2.45) is 13.0 Å². The summed E-state index contributed by atoms with van der Waals surface area (Å²) in [6.45, 7) is 5.06. The second-order valence-corrected chi connectivity index (χ2v) is 10.5. The van der Waals surface area contributed by atoms with Gasteiger partial charge in [-0.15, -0.1) is 0 Å². The summed E-state index contributed by atoms with van der Waals surface area (Å²) in [5.41, 5.74) is 2.81. The summed E-state index contributed by atoms with van der Waals surface area (Å²) in [6.07, 6.45) is 11.5. The summed E-state index contributed by atoms with van der Waals surface area (Å²) < 4.78 is 13.5. The van der Waals surface area contributed by atoms with E-state index in [0.29, 0.717) is 17.9 Å². The topological polar surface area (TPSA) is 50.6 Å². The number of hydrogen-bond acceptors (Lipinski definition) is 5. The first kappa shape index (κ1) is 21.2. The molecule has 0 spiro atoms. The van der Waals surface area contributed by atoms with Crippen LogP contribution in [0.25, 0.3) is 0 Å². The van der Waals surface area contributed by atoms with Crippen LogP contribution in [0, 0.1) is 5.92 Å². The van der Waals surface area contributed by atoms with E-state index in [1.807, 2.05) is 12.1 Å². The maximum absolute atomic E-state index is 5.67. The van der Waals surface area contributed by atoms with Crippen LogP contribution in [0.2, 0.25) is 0 Å². The third kappa shape index (κ3) is 4.43. The zero-order valence-electron chi connectivity index (χ0n) is 19.7. The summed E-state index contributed by atoms with van der Waals surface area (Å²) in [5, 5.41) is 4.97. The number of furan rings is 2. The minimum atomic E-state index is 0.590. The molecule has 2 bridgehead atoms. The van der Waals surface area contributed by atoms with Crippen LogP contribution < -0.4 is 0 Å². The van der Waals surface area contributed by atoms with Crippen LogP contribution in [0.5, 0.6) is 0 Å². The monoisotopic (exact) mass is 448 g/mol. The van der Waals surface area contributed by atoms with Crippen LogP contribution in [0.3, 0.4) is 0 Å². The van der Waals surface area contributed by atoms with E-state index >= 15 is 0 Å². The predicted molar refractivity (Wildman–Crippen MR) is 127 cm³/mol. The predicted octanol–water partition coefficient (Wildman–Crippen LogP) is 5.14. The molecule has 1 saturated carbocycles. The summed E-state index contributed by atoms with van der Waals surface area (Å²) in [5.74, 6) is 4.09. The molecule has 1 aliphatic carbocycles. The van der Waals surface area contributed by atoms with Crippen molar-refractivity contribution in [3.05, 3.63) is 65.8 Å². The van der Waals surface area contributed by atoms with Crippen LogP contribution in [0.1, 0.15) is 73.3 Å². The highest BCUT2D eigenvalue weighted by atomic mass is 16.3. The molecule has 0 radical (unpaired) electrons. The molecule has 3 aliphatic heterocycles. The van der Waals surface area contributed by atoms with Gasteiger partial charge in [-0.25, -0.2) is 0 Å². The van der Waals surface area contributed by atoms with Gasteiger partial charge in [-0.05, 0) is 68.5 Å². The van der Waals surface area contributed by atoms with Crippen LogP contribution >= 0.6 is 0 Å². The maximum Gasteiger partial charge on any atom is 0.117 e. The Morgan fingerprint density at radius 3 is 2.36 bits per heavy atom. The molecular weight excluding hydrogens is 412 g/mol. The van der Waals surface area contributed by atoms with Crippen molar-refractivity contribution >= 4 is 0 Å². The van der Waals surface area contributed by atoms with Crippen LogP contribution in [0.4, 0.5) is 0 Å². The molecular formula is C27H36N4O2. The van der Waals surface area contributed by atoms with E-state index < -0.39 is 0 Å². The lowest BCUT2D eigenvalue weighted by Crippen LogP contribution is -2.56. The van der Waals surface area contributed by atoms with Gasteiger partial charge < -0.3 is 8.83 Å². The molecule has 6 nitrogen and oxygen atoms in total. The van der Waals surface area contributed by atoms with E-state index in [-0.39, 0.29) is 0 Å². The molecule has 0 N–H and O–H groups in total. The molecule has 6 heteroatoms. The van der Waals surface area contributed by atoms with Crippen molar-refractivity contribution in [3.63, 3.8) is 0 Å². The van der Waals surface area contributed by atoms with Gasteiger partial charge in [0, 0.05) is 43.7 Å². The Bertz CT molecular complexity index is 983. The van der Waals surface area contributed by atoms with Gasteiger partial charge in [-0.2, -0.15) is 5.10 Å². The lowest BCUT2D eigenvalue weighted by molar-refractivity contribution is 0.00571. The van der Waals surface area contributed by atoms with Gasteiger partial charge in [0.15, 0.2) is 0 Å². The Morgan fingerprint density at radius 2 is 1.76 bits per heavy atom. The number of aryl methyl sites for hydroxylation is 1. The van der Waals surface area contributed by atoms with Gasteiger partial charge in [0.25, 0.3) is 0 Å². The quantitative estimate of drug-likeness (QED) is 0.477. The Balaban J connectivity index is 1.15. The fourth-order valence-corrected chi connectivity index (χ4v) is 6.66. The molecule has 0 aromatic carbocycles. The van der Waals surface area contributed by atoms with Gasteiger partial charge in [-0.1, -0.05) is 12.8 Å². The molecule has 4 fully saturated rings. The zero-order valence-corrected chi connectivity index (χ0v) is 19.7. The fraction of sp³-hybridized carbons (Fsp3) is 0.593. The van der Waals surface area contributed by atoms with Crippen molar-refractivity contribution in [2.45, 2.75) is 69.5 Å². The Kier molecular flexibility index (Phi) is 5.89. The number of fused-ring (bicyclic) bond motifs is 3. The van der Waals surface area contributed by atoms with Crippen molar-refractivity contribution in [1.82, 2.24) is 19.6 Å². The second kappa shape index (κ2) is 9.15. The molecule has 33 heavy (non-hydrogen) atoms. The number of aromatic nitrogens is 2. The van der Waals surface area contributed by atoms with Gasteiger partial charge in [-0.3, -0.25) is 14.5 Å². The molecule has 7 rings (SSSR count). The van der Waals surface area contributed by atoms with Crippen LogP contribution in [-0.4, -0.2) is 45.3 Å². The highest BCUT2D eigenvalue weighted by Gasteiger charge is 2.42. The number of piperidine rings is 3. The van der Waals surface area contributed by atoms with Crippen molar-refractivity contribution in [3.8, 4) is 0 Å². The molecule has 4 aliphatic rings. The van der Waals surface area contributed by atoms with Crippen molar-refractivity contribution in [2.75, 3.05) is 19.6 Å². The second-order valence-electron chi connectivity index (χ2n) is 10.5. The van der Waals surface area contributed by atoms with E-state index in [4.69, 9.17) is 13.9 Å². The van der Waals surface area contributed by atoms with Crippen molar-refractivity contribution < 1.29 is 8.83 Å². The van der Waals surface area contributed by atoms with E-state index in [9.17, 15) is 0 Å². The van der Waals surface area contributed by atoms with E-state index in [1.54, 1.807) is 12.5 Å². The first-order valence-electron chi connectivity index (χ1n) is 12.8. The Morgan fingerprint density at radius 1 is 1.03 bits per heavy atom. The number of nitrogens with zero attached hydrogens (tertiary/aromatic N) is 4. The van der Waals surface area contributed by atoms with Crippen LogP contribution in [0.15, 0.2) is 51.7 Å². The lowest BCUT2D eigenvalue weighted by Gasteiger charge is -2.50. The van der Waals surface area contributed by atoms with Gasteiger partial charge in [0.1, 0.15) is 11.5 Å². The van der Waals surface area contributed by atoms with E-state index in [0.717, 1.165) is 43.6 Å². The molecule has 176 valence electrons. The fourth-order valence-electron chi connectivity index (χ4n) is 6.66. The Labute approximate surface area is 196 Å². The highest BCUT2D eigenvalue weighted by Crippen LogP contribution is 2.43. The summed E-state index contributed by atoms with van der Waals surface area (Å²) in [7, 11) is 2.16. The van der Waals surface area contributed by atoms with Crippen LogP contribution in [-0.2, 0) is 20.1 Å². The third-order valence-electron chi connectivity index (χ3n) is 8.35. The number of hydrogen-bond donors (Lipinski definition) is 0. The molecule has 4 atom stereocenters. The standard InChI is InChI=1S/C27H36N4O2/c1-29-27(15-26(28-29)20-6-2-3-7-20)25-19-31-11-10-21(25)14-22(31)16-30(17-23-8-4-12-32-23)18-24-9-5-13-33-24/h4-5,8-9,12-13,15,20-22,25H,2-3,6-7,10-11,14,16-19H2,1H3/t21-,22+,25+/m0/s1. The van der Waals surface area contributed by atoms with Gasteiger partial charge >= 0.3 is 0 Å². The first-order valence-corrected chi connectivity index (χ1v) is 12.8. The van der Waals surface area contributed by atoms with E-state index in [1.165, 1.54) is 56.5 Å². The highest BCUT2D eigenvalue weighted by molar-refractivity contribution is 5.22. The molecule has 0 amide bonds. The normalized spacial score (nSPS) is 27.7. The molecule has 3 aromatic heterocycles. The Hall–Kier alpha value is -2.31. The average molecular weight is 449 g/mol. The lowest BCUT2D eigenvalue weighted by atomic mass is 9.74. The minimum Gasteiger partial charge on any atom is -0.468 e. The summed E-state index contributed by atoms with van der Waals surface area (Å²) in [4.78, 5) is 5.23. The van der Waals surface area contributed by atoms with E-state index in [2.05, 4.69) is 39.7 Å². The minimum absolute atomic E-state index is 0.590. The largest absolute Gasteiger partial charge is 0.468 e. The zero-order chi connectivity index (χ0) is 22.2. The first-order chi connectivity index (χ1) is 16.2. The van der Waals surface area contributed by atoms with Gasteiger partial charge in [0.05, 0.1) is 31.3 Å². The average Bonchev–Trinajstić information content (AvgIpc) is 3.62. The summed E-state index contributed by atoms with van der Waals surface area (Å²) >= 11 is 0. The smallest absolute Gasteiger partial charge is 0.117 e. The molecule has 6 heterocycles. The SMILES string of the molecule is Cn1nc(C2CCCC2)cc1[C@@H]1CN2CC[C@H]1C[C@@H]2CN(Cc1ccco1)Cc1ccco1. The molecule has 3 saturated heterocycles. The molecule has 3 aromatic rings. The maximum atomic E-state index is 5.67.